The number of carbonyl (C=O) groups excluding carboxylic acids is 1. The zero-order chi connectivity index (χ0) is 19.2. The van der Waals surface area contributed by atoms with Crippen LogP contribution in [0.15, 0.2) is 77.7 Å². The number of hydrogen-bond acceptors (Lipinski definition) is 3. The predicted molar refractivity (Wildman–Crippen MR) is 107 cm³/mol. The van der Waals surface area contributed by atoms with E-state index in [1.54, 1.807) is 42.5 Å². The second-order valence-electron chi connectivity index (χ2n) is 5.87. The fraction of sp³-hybridized carbons (Fsp3) is 0.0952. The predicted octanol–water partition coefficient (Wildman–Crippen LogP) is 6.31. The molecule has 0 unspecified atom stereocenters. The highest BCUT2D eigenvalue weighted by Gasteiger charge is 2.15. The standard InChI is InChI=1S/C21H18F2N2OS/c1-14-10-12-15(13-11-14)24-17-7-3-2-6-16(17)20(26)25-18-8-4-5-9-19(18)27-21(22)23/h2-13,21,24H,1H3,(H,25,26). The summed E-state index contributed by atoms with van der Waals surface area (Å²) in [4.78, 5) is 13.1. The van der Waals surface area contributed by atoms with Gasteiger partial charge in [0, 0.05) is 10.6 Å². The molecule has 0 radical (unpaired) electrons. The molecule has 0 aliphatic rings. The normalized spacial score (nSPS) is 10.7. The van der Waals surface area contributed by atoms with Gasteiger partial charge in [-0.1, -0.05) is 53.7 Å². The van der Waals surface area contributed by atoms with E-state index >= 15 is 0 Å². The van der Waals surface area contributed by atoms with Crippen LogP contribution in [-0.4, -0.2) is 11.7 Å². The number of thioether (sulfide) groups is 1. The van der Waals surface area contributed by atoms with Crippen LogP contribution in [0.3, 0.4) is 0 Å². The smallest absolute Gasteiger partial charge is 0.288 e. The third-order valence-electron chi connectivity index (χ3n) is 3.85. The number of para-hydroxylation sites is 2. The maximum atomic E-state index is 12.8. The number of rotatable bonds is 6. The molecular formula is C21H18F2N2OS. The van der Waals surface area contributed by atoms with Gasteiger partial charge < -0.3 is 10.6 Å². The average molecular weight is 384 g/mol. The Morgan fingerprint density at radius 2 is 1.52 bits per heavy atom. The van der Waals surface area contributed by atoms with Gasteiger partial charge in [0.2, 0.25) is 0 Å². The summed E-state index contributed by atoms with van der Waals surface area (Å²) in [5, 5.41) is 5.96. The molecule has 0 spiro atoms. The van der Waals surface area contributed by atoms with E-state index in [4.69, 9.17) is 0 Å². The molecule has 27 heavy (non-hydrogen) atoms. The van der Waals surface area contributed by atoms with E-state index in [0.717, 1.165) is 11.3 Å². The Morgan fingerprint density at radius 3 is 2.22 bits per heavy atom. The van der Waals surface area contributed by atoms with Gasteiger partial charge in [-0.2, -0.15) is 8.78 Å². The minimum absolute atomic E-state index is 0.324. The molecule has 0 aromatic heterocycles. The summed E-state index contributed by atoms with van der Waals surface area (Å²) in [6.07, 6.45) is 0. The molecule has 0 saturated heterocycles. The largest absolute Gasteiger partial charge is 0.355 e. The third kappa shape index (κ3) is 5.08. The topological polar surface area (TPSA) is 41.1 Å². The number of nitrogens with one attached hydrogen (secondary N) is 2. The van der Waals surface area contributed by atoms with Crippen LogP contribution in [0.4, 0.5) is 25.8 Å². The maximum Gasteiger partial charge on any atom is 0.288 e. The molecule has 3 aromatic rings. The summed E-state index contributed by atoms with van der Waals surface area (Å²) >= 11 is 0.407. The first-order chi connectivity index (χ1) is 13.0. The van der Waals surface area contributed by atoms with Gasteiger partial charge in [-0.3, -0.25) is 4.79 Å². The Labute approximate surface area is 160 Å². The molecule has 6 heteroatoms. The minimum atomic E-state index is -2.56. The lowest BCUT2D eigenvalue weighted by molar-refractivity contribution is 0.102. The van der Waals surface area contributed by atoms with Crippen molar-refractivity contribution in [2.45, 2.75) is 17.6 Å². The van der Waals surface area contributed by atoms with E-state index in [1.165, 1.54) is 0 Å². The van der Waals surface area contributed by atoms with Crippen LogP contribution in [0.1, 0.15) is 15.9 Å². The number of benzene rings is 3. The van der Waals surface area contributed by atoms with Crippen molar-refractivity contribution in [3.8, 4) is 0 Å². The molecule has 0 atom stereocenters. The van der Waals surface area contributed by atoms with Gasteiger partial charge in [-0.15, -0.1) is 0 Å². The molecule has 0 heterocycles. The van der Waals surface area contributed by atoms with Crippen molar-refractivity contribution in [3.63, 3.8) is 0 Å². The van der Waals surface area contributed by atoms with E-state index < -0.39 is 5.76 Å². The van der Waals surface area contributed by atoms with Gasteiger partial charge in [0.05, 0.1) is 16.9 Å². The average Bonchev–Trinajstić information content (AvgIpc) is 2.65. The first kappa shape index (κ1) is 18.9. The SMILES string of the molecule is Cc1ccc(Nc2ccccc2C(=O)Nc2ccccc2SC(F)F)cc1. The van der Waals surface area contributed by atoms with Crippen LogP contribution >= 0.6 is 11.8 Å². The van der Waals surface area contributed by atoms with Crippen LogP contribution in [0.5, 0.6) is 0 Å². The number of hydrogen-bond donors (Lipinski definition) is 2. The second-order valence-corrected chi connectivity index (χ2v) is 6.90. The Bertz CT molecular complexity index is 929. The molecule has 0 bridgehead atoms. The van der Waals surface area contributed by atoms with Gasteiger partial charge in [0.1, 0.15) is 0 Å². The van der Waals surface area contributed by atoms with Crippen molar-refractivity contribution in [2.24, 2.45) is 0 Å². The Kier molecular flexibility index (Phi) is 6.08. The molecule has 1 amide bonds. The van der Waals surface area contributed by atoms with Crippen LogP contribution < -0.4 is 10.6 Å². The van der Waals surface area contributed by atoms with E-state index in [-0.39, 0.29) is 5.91 Å². The highest BCUT2D eigenvalue weighted by atomic mass is 32.2. The summed E-state index contributed by atoms with van der Waals surface area (Å²) < 4.78 is 25.5. The Morgan fingerprint density at radius 1 is 0.889 bits per heavy atom. The van der Waals surface area contributed by atoms with E-state index in [0.29, 0.717) is 33.6 Å². The molecular weight excluding hydrogens is 366 g/mol. The van der Waals surface area contributed by atoms with Crippen molar-refractivity contribution in [3.05, 3.63) is 83.9 Å². The molecule has 3 aromatic carbocycles. The Balaban J connectivity index is 1.83. The number of carbonyl (C=O) groups is 1. The van der Waals surface area contributed by atoms with Gasteiger partial charge >= 0.3 is 0 Å². The number of alkyl halides is 2. The second kappa shape index (κ2) is 8.68. The first-order valence-electron chi connectivity index (χ1n) is 8.31. The van der Waals surface area contributed by atoms with E-state index in [9.17, 15) is 13.6 Å². The summed E-state index contributed by atoms with van der Waals surface area (Å²) in [5.74, 6) is -2.92. The molecule has 0 aliphatic heterocycles. The Hall–Kier alpha value is -2.86. The van der Waals surface area contributed by atoms with Crippen LogP contribution in [0, 0.1) is 6.92 Å². The van der Waals surface area contributed by atoms with Crippen molar-refractivity contribution >= 4 is 34.7 Å². The van der Waals surface area contributed by atoms with Crippen LogP contribution in [-0.2, 0) is 0 Å². The minimum Gasteiger partial charge on any atom is -0.355 e. The molecule has 138 valence electrons. The van der Waals surface area contributed by atoms with Crippen molar-refractivity contribution in [1.29, 1.82) is 0 Å². The van der Waals surface area contributed by atoms with Crippen LogP contribution in [0.2, 0.25) is 0 Å². The first-order valence-corrected chi connectivity index (χ1v) is 9.19. The lowest BCUT2D eigenvalue weighted by atomic mass is 10.1. The summed E-state index contributed by atoms with van der Waals surface area (Å²) in [7, 11) is 0. The lowest BCUT2D eigenvalue weighted by Crippen LogP contribution is -2.14. The van der Waals surface area contributed by atoms with Crippen molar-refractivity contribution in [1.82, 2.24) is 0 Å². The zero-order valence-electron chi connectivity index (χ0n) is 14.6. The molecule has 2 N–H and O–H groups in total. The van der Waals surface area contributed by atoms with Gasteiger partial charge in [-0.05, 0) is 43.3 Å². The van der Waals surface area contributed by atoms with E-state index in [2.05, 4.69) is 10.6 Å². The van der Waals surface area contributed by atoms with Crippen molar-refractivity contribution in [2.75, 3.05) is 10.6 Å². The number of anilines is 3. The highest BCUT2D eigenvalue weighted by Crippen LogP contribution is 2.32. The molecule has 3 nitrogen and oxygen atoms in total. The summed E-state index contributed by atoms with van der Waals surface area (Å²) in [6, 6.07) is 21.4. The molecule has 0 saturated carbocycles. The van der Waals surface area contributed by atoms with E-state index in [1.807, 2.05) is 37.3 Å². The molecule has 0 aliphatic carbocycles. The lowest BCUT2D eigenvalue weighted by Gasteiger charge is -2.14. The van der Waals surface area contributed by atoms with Crippen LogP contribution in [0.25, 0.3) is 0 Å². The van der Waals surface area contributed by atoms with Gasteiger partial charge in [0.25, 0.3) is 11.7 Å². The quantitative estimate of drug-likeness (QED) is 0.490. The summed E-state index contributed by atoms with van der Waals surface area (Å²) in [6.45, 7) is 2.00. The fourth-order valence-corrected chi connectivity index (χ4v) is 3.14. The maximum absolute atomic E-state index is 12.8. The third-order valence-corrected chi connectivity index (χ3v) is 4.64. The van der Waals surface area contributed by atoms with Gasteiger partial charge in [-0.25, -0.2) is 0 Å². The monoisotopic (exact) mass is 384 g/mol. The molecule has 0 fully saturated rings. The van der Waals surface area contributed by atoms with Gasteiger partial charge in [0.15, 0.2) is 0 Å². The number of halogens is 2. The molecule has 3 rings (SSSR count). The number of amides is 1. The highest BCUT2D eigenvalue weighted by molar-refractivity contribution is 7.99. The summed E-state index contributed by atoms with van der Waals surface area (Å²) in [5.41, 5.74) is 3.42. The number of aryl methyl sites for hydroxylation is 1. The van der Waals surface area contributed by atoms with Crippen molar-refractivity contribution < 1.29 is 13.6 Å². The fourth-order valence-electron chi connectivity index (χ4n) is 2.54. The zero-order valence-corrected chi connectivity index (χ0v) is 15.4.